The summed E-state index contributed by atoms with van der Waals surface area (Å²) in [5.41, 5.74) is 0. The molecule has 0 rings (SSSR count). The van der Waals surface area contributed by atoms with Crippen LogP contribution in [0.15, 0.2) is 0 Å². The Morgan fingerprint density at radius 1 is 0.875 bits per heavy atom. The number of hydrogen-bond acceptors (Lipinski definition) is 1. The van der Waals surface area contributed by atoms with Gasteiger partial charge in [-0.15, -0.1) is 0 Å². The molecular weight excluding hydrogens is 215 g/mol. The van der Waals surface area contributed by atoms with Gasteiger partial charge >= 0.3 is 6.18 Å². The summed E-state index contributed by atoms with van der Waals surface area (Å²) in [6, 6.07) is 1.38. The van der Waals surface area contributed by atoms with Crippen molar-refractivity contribution in [2.24, 2.45) is 5.92 Å². The van der Waals surface area contributed by atoms with E-state index in [9.17, 15) is 13.2 Å². The molecule has 0 aromatic heterocycles. The van der Waals surface area contributed by atoms with Crippen LogP contribution in [0.25, 0.3) is 0 Å². The van der Waals surface area contributed by atoms with Crippen LogP contribution in [0.5, 0.6) is 0 Å². The molecule has 16 heavy (non-hydrogen) atoms. The number of nitrogens with zero attached hydrogens (tertiary/aromatic N) is 1. The summed E-state index contributed by atoms with van der Waals surface area (Å²) in [5, 5.41) is 0. The van der Waals surface area contributed by atoms with Gasteiger partial charge in [0.15, 0.2) is 0 Å². The third kappa shape index (κ3) is 9.01. The van der Waals surface area contributed by atoms with Crippen LogP contribution in [0.4, 0.5) is 13.2 Å². The van der Waals surface area contributed by atoms with Crippen LogP contribution >= 0.6 is 0 Å². The molecule has 1 nitrogen and oxygen atoms in total. The molecule has 0 saturated carbocycles. The first kappa shape index (κ1) is 18.1. The third-order valence-electron chi connectivity index (χ3n) is 2.35. The quantitative estimate of drug-likeness (QED) is 0.711. The van der Waals surface area contributed by atoms with Crippen molar-refractivity contribution in [2.75, 3.05) is 6.54 Å². The standard InChI is InChI=1S/C8H19N.C4H7F3/c1-6-9(7(2)3)8(4)5;1-3(2)4(5,6)7/h7-8H,6H2,1-5H3;3H,1-2H3. The first-order valence-corrected chi connectivity index (χ1v) is 5.86. The van der Waals surface area contributed by atoms with E-state index in [0.717, 1.165) is 20.4 Å². The van der Waals surface area contributed by atoms with Crippen LogP contribution in [0.1, 0.15) is 48.5 Å². The van der Waals surface area contributed by atoms with E-state index in [-0.39, 0.29) is 0 Å². The smallest absolute Gasteiger partial charge is 0.299 e. The average Bonchev–Trinajstić information content (AvgIpc) is 2.02. The predicted molar refractivity (Wildman–Crippen MR) is 63.5 cm³/mol. The maximum atomic E-state index is 11.2. The molecule has 0 atom stereocenters. The minimum atomic E-state index is -4.00. The second-order valence-electron chi connectivity index (χ2n) is 4.71. The van der Waals surface area contributed by atoms with Crippen molar-refractivity contribution >= 4 is 0 Å². The lowest BCUT2D eigenvalue weighted by Crippen LogP contribution is -2.36. The molecule has 0 aliphatic heterocycles. The molecule has 0 unspecified atom stereocenters. The lowest BCUT2D eigenvalue weighted by atomic mass is 10.2. The molecule has 0 aliphatic rings. The van der Waals surface area contributed by atoms with Gasteiger partial charge in [-0.05, 0) is 34.2 Å². The van der Waals surface area contributed by atoms with E-state index in [2.05, 4.69) is 39.5 Å². The van der Waals surface area contributed by atoms with Gasteiger partial charge in [0.05, 0.1) is 0 Å². The molecule has 0 saturated heterocycles. The van der Waals surface area contributed by atoms with E-state index >= 15 is 0 Å². The van der Waals surface area contributed by atoms with E-state index in [0.29, 0.717) is 12.1 Å². The first-order chi connectivity index (χ1) is 7.03. The summed E-state index contributed by atoms with van der Waals surface area (Å²) in [5.74, 6) is -1.20. The molecule has 0 aliphatic carbocycles. The van der Waals surface area contributed by atoms with Crippen molar-refractivity contribution in [3.63, 3.8) is 0 Å². The van der Waals surface area contributed by atoms with E-state index in [1.165, 1.54) is 0 Å². The largest absolute Gasteiger partial charge is 0.391 e. The van der Waals surface area contributed by atoms with E-state index in [1.54, 1.807) is 0 Å². The lowest BCUT2D eigenvalue weighted by Gasteiger charge is -2.28. The summed E-state index contributed by atoms with van der Waals surface area (Å²) >= 11 is 0. The van der Waals surface area contributed by atoms with E-state index in [4.69, 9.17) is 0 Å². The molecule has 0 fully saturated rings. The topological polar surface area (TPSA) is 3.24 Å². The molecule has 0 N–H and O–H groups in total. The third-order valence-corrected chi connectivity index (χ3v) is 2.35. The fourth-order valence-corrected chi connectivity index (χ4v) is 1.33. The van der Waals surface area contributed by atoms with E-state index < -0.39 is 12.1 Å². The first-order valence-electron chi connectivity index (χ1n) is 5.86. The fourth-order valence-electron chi connectivity index (χ4n) is 1.33. The van der Waals surface area contributed by atoms with Crippen molar-refractivity contribution < 1.29 is 13.2 Å². The highest BCUT2D eigenvalue weighted by molar-refractivity contribution is 4.64. The molecule has 0 spiro atoms. The molecule has 100 valence electrons. The van der Waals surface area contributed by atoms with Crippen molar-refractivity contribution in [1.29, 1.82) is 0 Å². The van der Waals surface area contributed by atoms with Crippen LogP contribution in [0.2, 0.25) is 0 Å². The molecular formula is C12H26F3N. The van der Waals surface area contributed by atoms with Crippen LogP contribution in [0, 0.1) is 5.92 Å². The summed E-state index contributed by atoms with van der Waals surface area (Å²) in [6.07, 6.45) is -4.00. The van der Waals surface area contributed by atoms with Gasteiger partial charge in [-0.3, -0.25) is 4.90 Å². The highest BCUT2D eigenvalue weighted by Gasteiger charge is 2.31. The van der Waals surface area contributed by atoms with Gasteiger partial charge in [0.1, 0.15) is 0 Å². The Bertz CT molecular complexity index is 154. The Morgan fingerprint density at radius 3 is 1.12 bits per heavy atom. The number of rotatable bonds is 3. The van der Waals surface area contributed by atoms with Gasteiger partial charge in [-0.1, -0.05) is 20.8 Å². The summed E-state index contributed by atoms with van der Waals surface area (Å²) in [6.45, 7) is 14.6. The Labute approximate surface area is 98.0 Å². The summed E-state index contributed by atoms with van der Waals surface area (Å²) in [7, 11) is 0. The van der Waals surface area contributed by atoms with Crippen LogP contribution in [-0.4, -0.2) is 29.7 Å². The lowest BCUT2D eigenvalue weighted by molar-refractivity contribution is -0.164. The minimum Gasteiger partial charge on any atom is -0.299 e. The molecule has 0 bridgehead atoms. The van der Waals surface area contributed by atoms with Gasteiger partial charge in [-0.2, -0.15) is 13.2 Å². The monoisotopic (exact) mass is 241 g/mol. The molecule has 0 heterocycles. The van der Waals surface area contributed by atoms with Gasteiger partial charge in [-0.25, -0.2) is 0 Å². The Balaban J connectivity index is 0. The SMILES string of the molecule is CC(C)C(F)(F)F.CCN(C(C)C)C(C)C. The predicted octanol–water partition coefficient (Wildman–Crippen LogP) is 4.33. The van der Waals surface area contributed by atoms with Crippen molar-refractivity contribution in [1.82, 2.24) is 4.90 Å². The van der Waals surface area contributed by atoms with Crippen LogP contribution in [0.3, 0.4) is 0 Å². The number of alkyl halides is 3. The molecule has 4 heteroatoms. The maximum absolute atomic E-state index is 11.2. The van der Waals surface area contributed by atoms with Crippen LogP contribution in [-0.2, 0) is 0 Å². The number of hydrogen-bond donors (Lipinski definition) is 0. The van der Waals surface area contributed by atoms with Crippen molar-refractivity contribution in [2.45, 2.75) is 66.7 Å². The van der Waals surface area contributed by atoms with Crippen LogP contribution < -0.4 is 0 Å². The van der Waals surface area contributed by atoms with Gasteiger partial charge in [0.2, 0.25) is 0 Å². The minimum absolute atomic E-state index is 0.690. The zero-order valence-corrected chi connectivity index (χ0v) is 11.5. The Hall–Kier alpha value is -0.250. The highest BCUT2D eigenvalue weighted by Crippen LogP contribution is 2.24. The second-order valence-corrected chi connectivity index (χ2v) is 4.71. The van der Waals surface area contributed by atoms with Crippen molar-refractivity contribution in [3.05, 3.63) is 0 Å². The zero-order chi connectivity index (χ0) is 13.5. The summed E-state index contributed by atoms with van der Waals surface area (Å²) in [4.78, 5) is 2.46. The van der Waals surface area contributed by atoms with Gasteiger partial charge in [0, 0.05) is 18.0 Å². The van der Waals surface area contributed by atoms with Crippen molar-refractivity contribution in [3.8, 4) is 0 Å². The van der Waals surface area contributed by atoms with Gasteiger partial charge < -0.3 is 0 Å². The fraction of sp³-hybridized carbons (Fsp3) is 1.00. The zero-order valence-electron chi connectivity index (χ0n) is 11.5. The Morgan fingerprint density at radius 2 is 1.12 bits per heavy atom. The number of halogens is 3. The Kier molecular flexibility index (Phi) is 8.99. The normalized spacial score (nSPS) is 12.4. The highest BCUT2D eigenvalue weighted by atomic mass is 19.4. The average molecular weight is 241 g/mol. The molecule has 0 aromatic rings. The van der Waals surface area contributed by atoms with E-state index in [1.807, 2.05) is 0 Å². The maximum Gasteiger partial charge on any atom is 0.391 e. The second kappa shape index (κ2) is 7.93. The summed E-state index contributed by atoms with van der Waals surface area (Å²) < 4.78 is 33.5. The van der Waals surface area contributed by atoms with Gasteiger partial charge in [0.25, 0.3) is 0 Å². The molecule has 0 radical (unpaired) electrons. The molecule has 0 aromatic carbocycles. The molecule has 0 amide bonds.